The molecule has 2 aliphatic rings. The number of aromatic nitrogens is 2. The van der Waals surface area contributed by atoms with Crippen LogP contribution in [0.2, 0.25) is 0 Å². The van der Waals surface area contributed by atoms with E-state index in [1.807, 2.05) is 6.92 Å². The zero-order chi connectivity index (χ0) is 15.1. The van der Waals surface area contributed by atoms with Crippen molar-refractivity contribution in [2.75, 3.05) is 0 Å². The third-order valence-electron chi connectivity index (χ3n) is 5.13. The lowest BCUT2D eigenvalue weighted by atomic mass is 9.84. The fourth-order valence-electron chi connectivity index (χ4n) is 4.11. The summed E-state index contributed by atoms with van der Waals surface area (Å²) in [5.74, 6) is 1.61. The van der Waals surface area contributed by atoms with Crippen LogP contribution in [0.15, 0.2) is 6.20 Å². The van der Waals surface area contributed by atoms with E-state index in [1.54, 1.807) is 7.05 Å². The molecule has 0 aromatic carbocycles. The highest BCUT2D eigenvalue weighted by atomic mass is 16.6. The van der Waals surface area contributed by atoms with Crippen LogP contribution in [-0.4, -0.2) is 26.7 Å². The number of carbonyl (C=O) groups excluding carboxylic acids is 1. The minimum absolute atomic E-state index is 0.0232. The van der Waals surface area contributed by atoms with Gasteiger partial charge in [-0.25, -0.2) is 0 Å². The molecule has 4 atom stereocenters. The number of aryl methyl sites for hydroxylation is 1. The highest BCUT2D eigenvalue weighted by molar-refractivity contribution is 5.96. The lowest BCUT2D eigenvalue weighted by Crippen LogP contribution is -2.40. The van der Waals surface area contributed by atoms with Gasteiger partial charge in [-0.2, -0.15) is 5.10 Å². The topological polar surface area (TPSA) is 90.1 Å². The summed E-state index contributed by atoms with van der Waals surface area (Å²) in [7, 11) is 1.55. The van der Waals surface area contributed by atoms with E-state index < -0.39 is 10.8 Å². The first-order valence-corrected chi connectivity index (χ1v) is 7.44. The third kappa shape index (κ3) is 2.41. The molecule has 0 unspecified atom stereocenters. The molecule has 7 nitrogen and oxygen atoms in total. The van der Waals surface area contributed by atoms with Crippen molar-refractivity contribution in [3.63, 3.8) is 0 Å². The third-order valence-corrected chi connectivity index (χ3v) is 5.13. The molecule has 1 N–H and O–H groups in total. The number of amides is 1. The Hall–Kier alpha value is -1.92. The molecule has 2 bridgehead atoms. The summed E-state index contributed by atoms with van der Waals surface area (Å²) in [6, 6.07) is 0.0438. The molecule has 0 saturated heterocycles. The van der Waals surface area contributed by atoms with Crippen molar-refractivity contribution in [3.05, 3.63) is 22.0 Å². The lowest BCUT2D eigenvalue weighted by Gasteiger charge is -2.28. The molecule has 0 spiro atoms. The fraction of sp³-hybridized carbons (Fsp3) is 0.714. The molecule has 0 radical (unpaired) electrons. The van der Waals surface area contributed by atoms with Gasteiger partial charge in [0.15, 0.2) is 0 Å². The van der Waals surface area contributed by atoms with Crippen LogP contribution in [0.3, 0.4) is 0 Å². The minimum atomic E-state index is -0.565. The Morgan fingerprint density at radius 1 is 1.52 bits per heavy atom. The maximum atomic E-state index is 12.3. The van der Waals surface area contributed by atoms with E-state index >= 15 is 0 Å². The number of nitrogens with zero attached hydrogens (tertiary/aromatic N) is 3. The second-order valence-electron chi connectivity index (χ2n) is 6.36. The zero-order valence-electron chi connectivity index (χ0n) is 12.3. The van der Waals surface area contributed by atoms with Gasteiger partial charge in [0.05, 0.1) is 4.92 Å². The number of fused-ring (bicyclic) bond motifs is 2. The molecule has 0 aliphatic heterocycles. The lowest BCUT2D eigenvalue weighted by molar-refractivity contribution is -0.385. The van der Waals surface area contributed by atoms with Crippen LogP contribution in [-0.2, 0) is 7.05 Å². The van der Waals surface area contributed by atoms with Gasteiger partial charge in [-0.05, 0) is 43.9 Å². The van der Waals surface area contributed by atoms with E-state index in [-0.39, 0.29) is 17.4 Å². The Labute approximate surface area is 122 Å². The van der Waals surface area contributed by atoms with Crippen LogP contribution >= 0.6 is 0 Å². The summed E-state index contributed by atoms with van der Waals surface area (Å²) < 4.78 is 1.26. The standard InChI is InChI=1S/C14H20N4O3/c1-8(11-6-9-3-4-10(11)5-9)16-14(19)13-12(18(20)21)7-15-17(13)2/h7-11H,3-6H2,1-2H3,(H,16,19)/t8-,9+,10+,11-/m1/s1. The van der Waals surface area contributed by atoms with Crippen LogP contribution in [0.1, 0.15) is 43.1 Å². The van der Waals surface area contributed by atoms with Crippen molar-refractivity contribution < 1.29 is 9.72 Å². The Morgan fingerprint density at radius 2 is 2.29 bits per heavy atom. The predicted octanol–water partition coefficient (Wildman–Crippen LogP) is 1.88. The molecular formula is C14H20N4O3. The van der Waals surface area contributed by atoms with Crippen molar-refractivity contribution in [2.24, 2.45) is 24.8 Å². The van der Waals surface area contributed by atoms with Gasteiger partial charge < -0.3 is 5.32 Å². The van der Waals surface area contributed by atoms with Gasteiger partial charge >= 0.3 is 5.69 Å². The van der Waals surface area contributed by atoms with Crippen LogP contribution < -0.4 is 5.32 Å². The van der Waals surface area contributed by atoms with Gasteiger partial charge in [-0.15, -0.1) is 0 Å². The van der Waals surface area contributed by atoms with Crippen molar-refractivity contribution in [1.29, 1.82) is 0 Å². The maximum absolute atomic E-state index is 12.3. The largest absolute Gasteiger partial charge is 0.348 e. The summed E-state index contributed by atoms with van der Waals surface area (Å²) in [6.45, 7) is 2.01. The van der Waals surface area contributed by atoms with Crippen molar-refractivity contribution in [1.82, 2.24) is 15.1 Å². The van der Waals surface area contributed by atoms with Crippen molar-refractivity contribution >= 4 is 11.6 Å². The molecule has 1 aromatic rings. The summed E-state index contributed by atoms with van der Waals surface area (Å²) in [5.41, 5.74) is -0.217. The summed E-state index contributed by atoms with van der Waals surface area (Å²) >= 11 is 0. The monoisotopic (exact) mass is 292 g/mol. The van der Waals surface area contributed by atoms with Crippen LogP contribution in [0.25, 0.3) is 0 Å². The highest BCUT2D eigenvalue weighted by Gasteiger charge is 2.42. The van der Waals surface area contributed by atoms with Crippen LogP contribution in [0.4, 0.5) is 5.69 Å². The first kappa shape index (κ1) is 14.0. The molecule has 2 saturated carbocycles. The molecule has 1 aromatic heterocycles. The SMILES string of the molecule is C[C@@H](NC(=O)c1c([N+](=O)[O-])cnn1C)[C@H]1C[C@H]2CC[C@H]1C2. The molecule has 3 rings (SSSR count). The molecule has 2 aliphatic carbocycles. The molecule has 1 amide bonds. The van der Waals surface area contributed by atoms with Crippen LogP contribution in [0.5, 0.6) is 0 Å². The molecule has 7 heteroatoms. The summed E-state index contributed by atoms with van der Waals surface area (Å²) in [4.78, 5) is 22.7. The smallest absolute Gasteiger partial charge is 0.320 e. The van der Waals surface area contributed by atoms with Gasteiger partial charge in [0.2, 0.25) is 5.69 Å². The first-order chi connectivity index (χ1) is 9.97. The summed E-state index contributed by atoms with van der Waals surface area (Å²) in [5, 5.41) is 17.7. The Balaban J connectivity index is 1.72. The number of hydrogen-bond donors (Lipinski definition) is 1. The van der Waals surface area contributed by atoms with E-state index in [1.165, 1.54) is 30.4 Å². The zero-order valence-corrected chi connectivity index (χ0v) is 12.3. The van der Waals surface area contributed by atoms with E-state index in [9.17, 15) is 14.9 Å². The van der Waals surface area contributed by atoms with Crippen molar-refractivity contribution in [3.8, 4) is 0 Å². The van der Waals surface area contributed by atoms with E-state index in [0.717, 1.165) is 12.1 Å². The number of rotatable bonds is 4. The number of nitrogens with one attached hydrogen (secondary N) is 1. The normalized spacial score (nSPS) is 28.6. The average molecular weight is 292 g/mol. The van der Waals surface area contributed by atoms with Gasteiger partial charge in [-0.3, -0.25) is 19.6 Å². The fourth-order valence-corrected chi connectivity index (χ4v) is 4.11. The molecule has 1 heterocycles. The molecule has 2 fully saturated rings. The van der Waals surface area contributed by atoms with Gasteiger partial charge in [0.1, 0.15) is 6.20 Å². The van der Waals surface area contributed by atoms with Crippen molar-refractivity contribution in [2.45, 2.75) is 38.6 Å². The van der Waals surface area contributed by atoms with Gasteiger partial charge in [0.25, 0.3) is 5.91 Å². The first-order valence-electron chi connectivity index (χ1n) is 7.44. The molecule has 21 heavy (non-hydrogen) atoms. The second-order valence-corrected chi connectivity index (χ2v) is 6.36. The maximum Gasteiger partial charge on any atom is 0.320 e. The number of nitro groups is 1. The highest BCUT2D eigenvalue weighted by Crippen LogP contribution is 2.49. The molecular weight excluding hydrogens is 272 g/mol. The van der Waals surface area contributed by atoms with Gasteiger partial charge in [0, 0.05) is 13.1 Å². The van der Waals surface area contributed by atoms with E-state index in [4.69, 9.17) is 0 Å². The predicted molar refractivity (Wildman–Crippen MR) is 75.7 cm³/mol. The quantitative estimate of drug-likeness (QED) is 0.677. The average Bonchev–Trinajstić information content (AvgIpc) is 3.12. The summed E-state index contributed by atoms with van der Waals surface area (Å²) in [6.07, 6.45) is 6.13. The Morgan fingerprint density at radius 3 is 2.86 bits per heavy atom. The number of carbonyl (C=O) groups is 1. The molecule has 114 valence electrons. The van der Waals surface area contributed by atoms with E-state index in [0.29, 0.717) is 11.8 Å². The van der Waals surface area contributed by atoms with Crippen LogP contribution in [0, 0.1) is 27.9 Å². The minimum Gasteiger partial charge on any atom is -0.348 e. The Kier molecular flexibility index (Phi) is 3.43. The Bertz CT molecular complexity index is 583. The number of hydrogen-bond acceptors (Lipinski definition) is 4. The van der Waals surface area contributed by atoms with E-state index in [2.05, 4.69) is 10.4 Å². The van der Waals surface area contributed by atoms with Gasteiger partial charge in [-0.1, -0.05) is 6.42 Å². The second kappa shape index (κ2) is 5.13.